The molecule has 0 radical (unpaired) electrons. The first-order chi connectivity index (χ1) is 10.5. The van der Waals surface area contributed by atoms with Crippen LogP contribution in [0.5, 0.6) is 0 Å². The number of rotatable bonds is 6. The van der Waals surface area contributed by atoms with Gasteiger partial charge < -0.3 is 15.0 Å². The summed E-state index contributed by atoms with van der Waals surface area (Å²) in [4.78, 5) is 15.1. The summed E-state index contributed by atoms with van der Waals surface area (Å²) in [7, 11) is 3.51. The topological polar surface area (TPSA) is 44.8 Å². The molecule has 0 aliphatic carbocycles. The lowest BCUT2D eigenvalue weighted by Crippen LogP contribution is -2.48. The first-order valence-electron chi connectivity index (χ1n) is 8.24. The van der Waals surface area contributed by atoms with Gasteiger partial charge in [0.05, 0.1) is 6.54 Å². The molecule has 0 aromatic heterocycles. The number of likely N-dealkylation sites (tertiary alicyclic amines) is 1. The molecule has 1 heterocycles. The van der Waals surface area contributed by atoms with E-state index >= 15 is 0 Å². The maximum atomic E-state index is 14.4. The van der Waals surface area contributed by atoms with Crippen LogP contribution in [0.2, 0.25) is 0 Å². The molecule has 0 atom stereocenters. The van der Waals surface area contributed by atoms with Crippen molar-refractivity contribution in [1.82, 2.24) is 15.1 Å². The average molecular weight is 335 g/mol. The van der Waals surface area contributed by atoms with E-state index in [-0.39, 0.29) is 6.54 Å². The van der Waals surface area contributed by atoms with Crippen molar-refractivity contribution >= 4 is 6.09 Å². The van der Waals surface area contributed by atoms with Gasteiger partial charge in [0, 0.05) is 32.1 Å². The molecule has 0 aromatic carbocycles. The summed E-state index contributed by atoms with van der Waals surface area (Å²) >= 11 is 0. The smallest absolute Gasteiger partial charge is 0.410 e. The fraction of sp³-hybridized carbons (Fsp3) is 0.938. The Morgan fingerprint density at radius 3 is 2.35 bits per heavy atom. The number of piperidine rings is 1. The van der Waals surface area contributed by atoms with E-state index in [9.17, 15) is 13.6 Å². The van der Waals surface area contributed by atoms with Crippen LogP contribution < -0.4 is 5.32 Å². The second-order valence-corrected chi connectivity index (χ2v) is 7.34. The maximum absolute atomic E-state index is 14.4. The first kappa shape index (κ1) is 20.1. The highest BCUT2D eigenvalue weighted by molar-refractivity contribution is 5.68. The van der Waals surface area contributed by atoms with Crippen LogP contribution in [-0.4, -0.2) is 74.2 Å². The predicted octanol–water partition coefficient (Wildman–Crippen LogP) is 2.42. The van der Waals surface area contributed by atoms with Gasteiger partial charge >= 0.3 is 6.09 Å². The second-order valence-electron chi connectivity index (χ2n) is 7.34. The second kappa shape index (κ2) is 8.24. The Labute approximate surface area is 138 Å². The monoisotopic (exact) mass is 335 g/mol. The first-order valence-corrected chi connectivity index (χ1v) is 8.24. The van der Waals surface area contributed by atoms with Crippen molar-refractivity contribution in [2.75, 3.05) is 46.8 Å². The molecular weight excluding hydrogens is 304 g/mol. The van der Waals surface area contributed by atoms with E-state index in [0.717, 1.165) is 0 Å². The molecule has 1 N–H and O–H groups in total. The van der Waals surface area contributed by atoms with Crippen LogP contribution in [0.3, 0.4) is 0 Å². The summed E-state index contributed by atoms with van der Waals surface area (Å²) in [6.07, 6.45) is 0.212. The molecule has 1 fully saturated rings. The molecule has 0 bridgehead atoms. The molecular formula is C16H31F2N3O2. The molecule has 0 saturated carbocycles. The summed E-state index contributed by atoms with van der Waals surface area (Å²) in [5, 5.41) is 2.96. The Balaban J connectivity index is 2.46. The molecule has 0 aromatic rings. The normalized spacial score (nSPS) is 17.7. The number of hydrogen-bond acceptors (Lipinski definition) is 4. The van der Waals surface area contributed by atoms with E-state index in [1.54, 1.807) is 39.8 Å². The fourth-order valence-electron chi connectivity index (χ4n) is 2.68. The molecule has 1 amide bonds. The zero-order valence-electron chi connectivity index (χ0n) is 15.0. The van der Waals surface area contributed by atoms with Gasteiger partial charge in [-0.2, -0.15) is 0 Å². The Hall–Kier alpha value is -0.950. The van der Waals surface area contributed by atoms with Crippen LogP contribution in [0.25, 0.3) is 0 Å². The number of nitrogens with one attached hydrogen (secondary N) is 1. The van der Waals surface area contributed by atoms with Crippen LogP contribution in [0.4, 0.5) is 13.6 Å². The van der Waals surface area contributed by atoms with Gasteiger partial charge in [0.15, 0.2) is 0 Å². The largest absolute Gasteiger partial charge is 0.444 e. The van der Waals surface area contributed by atoms with Crippen LogP contribution in [0.15, 0.2) is 0 Å². The molecule has 1 rings (SSSR count). The number of amides is 1. The van der Waals surface area contributed by atoms with E-state index < -0.39 is 23.5 Å². The van der Waals surface area contributed by atoms with E-state index in [2.05, 4.69) is 5.32 Å². The Morgan fingerprint density at radius 2 is 1.87 bits per heavy atom. The van der Waals surface area contributed by atoms with Crippen LogP contribution >= 0.6 is 0 Å². The number of likely N-dealkylation sites (N-methyl/N-ethyl adjacent to an activating group) is 2. The highest BCUT2D eigenvalue weighted by Crippen LogP contribution is 2.34. The molecule has 23 heavy (non-hydrogen) atoms. The highest BCUT2D eigenvalue weighted by atomic mass is 19.3. The zero-order chi connectivity index (χ0) is 17.7. The minimum Gasteiger partial charge on any atom is -0.444 e. The van der Waals surface area contributed by atoms with Gasteiger partial charge in [-0.3, -0.25) is 4.90 Å². The van der Waals surface area contributed by atoms with Gasteiger partial charge in [-0.25, -0.2) is 13.6 Å². The summed E-state index contributed by atoms with van der Waals surface area (Å²) in [5.74, 6) is -3.42. The third-order valence-electron chi connectivity index (χ3n) is 3.97. The van der Waals surface area contributed by atoms with E-state index in [0.29, 0.717) is 39.0 Å². The maximum Gasteiger partial charge on any atom is 0.410 e. The standard InChI is InChI=1S/C16H31F2N3O2/c1-15(2,3)23-14(22)21-9-6-13(7-10-21)16(17,18)12-20(5)11-8-19-4/h13,19H,6-12H2,1-5H3. The molecule has 1 saturated heterocycles. The number of ether oxygens (including phenoxy) is 1. The van der Waals surface area contributed by atoms with E-state index in [1.807, 2.05) is 0 Å². The molecule has 0 unspecified atom stereocenters. The lowest BCUT2D eigenvalue weighted by Gasteiger charge is -2.37. The Morgan fingerprint density at radius 1 is 1.30 bits per heavy atom. The van der Waals surface area contributed by atoms with Crippen molar-refractivity contribution < 1.29 is 18.3 Å². The van der Waals surface area contributed by atoms with Crippen molar-refractivity contribution in [3.8, 4) is 0 Å². The molecule has 136 valence electrons. The average Bonchev–Trinajstić information content (AvgIpc) is 2.43. The third kappa shape index (κ3) is 6.99. The van der Waals surface area contributed by atoms with Crippen LogP contribution in [0, 0.1) is 5.92 Å². The molecule has 1 aliphatic heterocycles. The zero-order valence-corrected chi connectivity index (χ0v) is 15.0. The van der Waals surface area contributed by atoms with Crippen molar-refractivity contribution in [3.05, 3.63) is 0 Å². The molecule has 0 spiro atoms. The summed E-state index contributed by atoms with van der Waals surface area (Å²) in [6, 6.07) is 0. The molecule has 5 nitrogen and oxygen atoms in total. The van der Waals surface area contributed by atoms with Gasteiger partial charge in [-0.05, 0) is 47.7 Å². The van der Waals surface area contributed by atoms with Gasteiger partial charge in [-0.1, -0.05) is 0 Å². The van der Waals surface area contributed by atoms with Crippen molar-refractivity contribution in [3.63, 3.8) is 0 Å². The summed E-state index contributed by atoms with van der Waals surface area (Å²) < 4.78 is 34.1. The number of carbonyl (C=O) groups excluding carboxylic acids is 1. The highest BCUT2D eigenvalue weighted by Gasteiger charge is 2.42. The molecule has 7 heteroatoms. The summed E-state index contributed by atoms with van der Waals surface area (Å²) in [5.41, 5.74) is -0.562. The van der Waals surface area contributed by atoms with Crippen molar-refractivity contribution in [2.45, 2.75) is 45.1 Å². The SMILES string of the molecule is CNCCN(C)CC(F)(F)C1CCN(C(=O)OC(C)(C)C)CC1. The van der Waals surface area contributed by atoms with Crippen molar-refractivity contribution in [2.24, 2.45) is 5.92 Å². The fourth-order valence-corrected chi connectivity index (χ4v) is 2.68. The third-order valence-corrected chi connectivity index (χ3v) is 3.97. The number of hydrogen-bond donors (Lipinski definition) is 1. The molecule has 1 aliphatic rings. The van der Waals surface area contributed by atoms with E-state index in [1.165, 1.54) is 4.90 Å². The number of carbonyl (C=O) groups is 1. The van der Waals surface area contributed by atoms with Crippen LogP contribution in [0.1, 0.15) is 33.6 Å². The van der Waals surface area contributed by atoms with Crippen molar-refractivity contribution in [1.29, 1.82) is 0 Å². The Bertz CT molecular complexity index is 378. The van der Waals surface area contributed by atoms with Gasteiger partial charge in [0.1, 0.15) is 5.60 Å². The Kier molecular flexibility index (Phi) is 7.20. The lowest BCUT2D eigenvalue weighted by molar-refractivity contribution is -0.0953. The number of halogens is 2. The summed E-state index contributed by atoms with van der Waals surface area (Å²) in [6.45, 7) is 7.08. The van der Waals surface area contributed by atoms with Gasteiger partial charge in [-0.15, -0.1) is 0 Å². The number of alkyl halides is 2. The number of nitrogens with zero attached hydrogens (tertiary/aromatic N) is 2. The van der Waals surface area contributed by atoms with Crippen LogP contribution in [-0.2, 0) is 4.74 Å². The minimum atomic E-state index is -2.73. The van der Waals surface area contributed by atoms with Gasteiger partial charge in [0.25, 0.3) is 5.92 Å². The lowest BCUT2D eigenvalue weighted by atomic mass is 9.90. The predicted molar refractivity (Wildman–Crippen MR) is 86.9 cm³/mol. The van der Waals surface area contributed by atoms with Gasteiger partial charge in [0.2, 0.25) is 0 Å². The minimum absolute atomic E-state index is 0.244. The van der Waals surface area contributed by atoms with E-state index in [4.69, 9.17) is 4.74 Å². The quantitative estimate of drug-likeness (QED) is 0.810.